The first-order valence-electron chi connectivity index (χ1n) is 6.24. The molecule has 0 unspecified atom stereocenters. The van der Waals surface area contributed by atoms with Crippen LogP contribution in [0.2, 0.25) is 0 Å². The van der Waals surface area contributed by atoms with Gasteiger partial charge in [-0.25, -0.2) is 8.78 Å². The van der Waals surface area contributed by atoms with Crippen LogP contribution in [0.25, 0.3) is 11.4 Å². The van der Waals surface area contributed by atoms with Crippen LogP contribution < -0.4 is 5.73 Å². The average molecular weight is 287 g/mol. The van der Waals surface area contributed by atoms with Crippen molar-refractivity contribution in [1.29, 1.82) is 0 Å². The normalized spacial score (nSPS) is 12.3. The smallest absolute Gasteiger partial charge is 0.248 e. The zero-order valence-electron chi connectivity index (χ0n) is 10.8. The first-order valence-corrected chi connectivity index (χ1v) is 6.24. The van der Waals surface area contributed by atoms with Gasteiger partial charge < -0.3 is 10.3 Å². The van der Waals surface area contributed by atoms with E-state index in [1.54, 1.807) is 0 Å². The van der Waals surface area contributed by atoms with Crippen LogP contribution in [0.1, 0.15) is 17.5 Å². The molecule has 3 aromatic rings. The Morgan fingerprint density at radius 3 is 2.48 bits per heavy atom. The molecule has 6 heteroatoms. The molecular weight excluding hydrogens is 276 g/mol. The van der Waals surface area contributed by atoms with Gasteiger partial charge in [-0.1, -0.05) is 35.5 Å². The Morgan fingerprint density at radius 1 is 1.00 bits per heavy atom. The summed E-state index contributed by atoms with van der Waals surface area (Å²) in [6.07, 6.45) is 0. The molecule has 3 rings (SSSR count). The van der Waals surface area contributed by atoms with Gasteiger partial charge in [0.25, 0.3) is 0 Å². The fraction of sp³-hybridized carbons (Fsp3) is 0.0667. The minimum Gasteiger partial charge on any atom is -0.337 e. The van der Waals surface area contributed by atoms with E-state index in [1.807, 2.05) is 30.3 Å². The quantitative estimate of drug-likeness (QED) is 0.804. The molecule has 0 fully saturated rings. The molecule has 2 N–H and O–H groups in total. The lowest BCUT2D eigenvalue weighted by molar-refractivity contribution is 0.367. The van der Waals surface area contributed by atoms with Gasteiger partial charge in [0.1, 0.15) is 6.04 Å². The van der Waals surface area contributed by atoms with E-state index in [1.165, 1.54) is 6.07 Å². The topological polar surface area (TPSA) is 64.9 Å². The second-order valence-electron chi connectivity index (χ2n) is 4.47. The van der Waals surface area contributed by atoms with Crippen LogP contribution >= 0.6 is 0 Å². The molecule has 0 aliphatic carbocycles. The zero-order chi connectivity index (χ0) is 14.8. The van der Waals surface area contributed by atoms with E-state index in [9.17, 15) is 8.78 Å². The van der Waals surface area contributed by atoms with Gasteiger partial charge in [-0.3, -0.25) is 0 Å². The molecule has 0 radical (unpaired) electrons. The molecule has 0 bridgehead atoms. The van der Waals surface area contributed by atoms with Gasteiger partial charge in [0, 0.05) is 5.56 Å². The van der Waals surface area contributed by atoms with Gasteiger partial charge in [0.05, 0.1) is 0 Å². The van der Waals surface area contributed by atoms with Gasteiger partial charge >= 0.3 is 0 Å². The molecule has 1 heterocycles. The van der Waals surface area contributed by atoms with E-state index in [0.717, 1.165) is 17.7 Å². The summed E-state index contributed by atoms with van der Waals surface area (Å²) in [6.45, 7) is 0. The van der Waals surface area contributed by atoms with E-state index in [4.69, 9.17) is 10.3 Å². The third kappa shape index (κ3) is 2.66. The Labute approximate surface area is 119 Å². The van der Waals surface area contributed by atoms with Crippen molar-refractivity contribution in [3.8, 4) is 11.4 Å². The summed E-state index contributed by atoms with van der Waals surface area (Å²) < 4.78 is 31.2. The van der Waals surface area contributed by atoms with Gasteiger partial charge in [-0.2, -0.15) is 4.98 Å². The zero-order valence-corrected chi connectivity index (χ0v) is 10.8. The van der Waals surface area contributed by atoms with Gasteiger partial charge in [-0.15, -0.1) is 0 Å². The lowest BCUT2D eigenvalue weighted by Crippen LogP contribution is -2.11. The van der Waals surface area contributed by atoms with Crippen LogP contribution in [0, 0.1) is 11.6 Å². The SMILES string of the molecule is N[C@@H](c1ccccc1)c1nc(-c2ccc(F)c(F)c2)no1. The first-order chi connectivity index (χ1) is 10.1. The first kappa shape index (κ1) is 13.4. The number of benzene rings is 2. The molecule has 0 spiro atoms. The molecule has 0 saturated heterocycles. The summed E-state index contributed by atoms with van der Waals surface area (Å²) in [4.78, 5) is 4.14. The van der Waals surface area contributed by atoms with E-state index < -0.39 is 17.7 Å². The largest absolute Gasteiger partial charge is 0.337 e. The molecule has 1 aromatic heterocycles. The van der Waals surface area contributed by atoms with Gasteiger partial charge in [0.2, 0.25) is 11.7 Å². The Kier molecular flexibility index (Phi) is 3.45. The van der Waals surface area contributed by atoms with Crippen LogP contribution in [0.5, 0.6) is 0 Å². The fourth-order valence-corrected chi connectivity index (χ4v) is 1.92. The van der Waals surface area contributed by atoms with Crippen LogP contribution in [-0.2, 0) is 0 Å². The Bertz CT molecular complexity index is 759. The van der Waals surface area contributed by atoms with Crippen LogP contribution in [0.3, 0.4) is 0 Å². The summed E-state index contributed by atoms with van der Waals surface area (Å²) in [5.74, 6) is -1.52. The lowest BCUT2D eigenvalue weighted by atomic mass is 10.1. The predicted molar refractivity (Wildman–Crippen MR) is 72.1 cm³/mol. The van der Waals surface area contributed by atoms with Gasteiger partial charge in [0.15, 0.2) is 11.6 Å². The van der Waals surface area contributed by atoms with E-state index in [2.05, 4.69) is 10.1 Å². The van der Waals surface area contributed by atoms with Crippen molar-refractivity contribution in [3.05, 3.63) is 71.6 Å². The molecule has 2 aromatic carbocycles. The van der Waals surface area contributed by atoms with Crippen molar-refractivity contribution >= 4 is 0 Å². The number of hydrogen-bond donors (Lipinski definition) is 1. The van der Waals surface area contributed by atoms with Gasteiger partial charge in [-0.05, 0) is 23.8 Å². The summed E-state index contributed by atoms with van der Waals surface area (Å²) >= 11 is 0. The van der Waals surface area contributed by atoms with Crippen molar-refractivity contribution in [3.63, 3.8) is 0 Å². The standard InChI is InChI=1S/C15H11F2N3O/c16-11-7-6-10(8-12(11)17)14-19-15(21-20-14)13(18)9-4-2-1-3-5-9/h1-8,13H,18H2/t13-/m0/s1. The molecule has 0 aliphatic heterocycles. The highest BCUT2D eigenvalue weighted by Crippen LogP contribution is 2.22. The van der Waals surface area contributed by atoms with E-state index in [0.29, 0.717) is 5.56 Å². The lowest BCUT2D eigenvalue weighted by Gasteiger charge is -2.05. The Hall–Kier alpha value is -2.60. The number of nitrogens with zero attached hydrogens (tertiary/aromatic N) is 2. The molecule has 0 saturated carbocycles. The summed E-state index contributed by atoms with van der Waals surface area (Å²) in [5.41, 5.74) is 7.17. The van der Waals surface area contributed by atoms with E-state index in [-0.39, 0.29) is 11.7 Å². The molecule has 0 aliphatic rings. The maximum Gasteiger partial charge on any atom is 0.248 e. The van der Waals surface area contributed by atoms with Crippen molar-refractivity contribution in [1.82, 2.24) is 10.1 Å². The van der Waals surface area contributed by atoms with Crippen molar-refractivity contribution in [2.45, 2.75) is 6.04 Å². The van der Waals surface area contributed by atoms with Crippen molar-refractivity contribution in [2.75, 3.05) is 0 Å². The highest BCUT2D eigenvalue weighted by atomic mass is 19.2. The minimum atomic E-state index is -0.966. The second kappa shape index (κ2) is 5.41. The summed E-state index contributed by atoms with van der Waals surface area (Å²) in [5, 5.41) is 3.75. The number of nitrogens with two attached hydrogens (primary N) is 1. The molecule has 106 valence electrons. The van der Waals surface area contributed by atoms with Crippen molar-refractivity contribution in [2.24, 2.45) is 5.73 Å². The Morgan fingerprint density at radius 2 is 1.76 bits per heavy atom. The summed E-state index contributed by atoms with van der Waals surface area (Å²) in [6, 6.07) is 12.1. The third-order valence-electron chi connectivity index (χ3n) is 3.04. The molecule has 4 nitrogen and oxygen atoms in total. The maximum absolute atomic E-state index is 13.2. The fourth-order valence-electron chi connectivity index (χ4n) is 1.92. The maximum atomic E-state index is 13.2. The highest BCUT2D eigenvalue weighted by molar-refractivity contribution is 5.54. The third-order valence-corrected chi connectivity index (χ3v) is 3.04. The molecule has 0 amide bonds. The second-order valence-corrected chi connectivity index (χ2v) is 4.47. The Balaban J connectivity index is 1.91. The van der Waals surface area contributed by atoms with Crippen LogP contribution in [0.4, 0.5) is 8.78 Å². The predicted octanol–water partition coefficient (Wildman–Crippen LogP) is 3.06. The number of rotatable bonds is 3. The summed E-state index contributed by atoms with van der Waals surface area (Å²) in [7, 11) is 0. The number of halogens is 2. The average Bonchev–Trinajstić information content (AvgIpc) is 3.00. The van der Waals surface area contributed by atoms with Crippen LogP contribution in [0.15, 0.2) is 53.1 Å². The number of aromatic nitrogens is 2. The number of hydrogen-bond acceptors (Lipinski definition) is 4. The van der Waals surface area contributed by atoms with E-state index >= 15 is 0 Å². The molecular formula is C15H11F2N3O. The van der Waals surface area contributed by atoms with Crippen molar-refractivity contribution < 1.29 is 13.3 Å². The highest BCUT2D eigenvalue weighted by Gasteiger charge is 2.18. The van der Waals surface area contributed by atoms with Crippen LogP contribution in [-0.4, -0.2) is 10.1 Å². The minimum absolute atomic E-state index is 0.162. The molecule has 21 heavy (non-hydrogen) atoms. The monoisotopic (exact) mass is 287 g/mol. The molecule has 1 atom stereocenters.